The molecule has 0 spiro atoms. The molecule has 14 heteroatoms. The number of hydrogen-bond acceptors (Lipinski definition) is 9. The molecule has 1 aromatic carbocycles. The van der Waals surface area contributed by atoms with Crippen LogP contribution in [-0.4, -0.2) is 68.8 Å². The molecule has 0 aliphatic rings. The summed E-state index contributed by atoms with van der Waals surface area (Å²) in [4.78, 5) is 65.7. The minimum atomic E-state index is -0.0385. The fraction of sp³-hybridized carbons (Fsp3) is 0.523. The smallest absolute Gasteiger partial charge is 0.228 e. The number of nitrogens with zero attached hydrogens (tertiary/aromatic N) is 9. The molecule has 3 amide bonds. The summed E-state index contributed by atoms with van der Waals surface area (Å²) < 4.78 is 0. The molecule has 0 unspecified atom stereocenters. The van der Waals surface area contributed by atoms with E-state index in [1.807, 2.05) is 93.5 Å². The van der Waals surface area contributed by atoms with E-state index in [0.29, 0.717) is 48.4 Å². The van der Waals surface area contributed by atoms with E-state index in [0.717, 1.165) is 16.6 Å². The van der Waals surface area contributed by atoms with Crippen LogP contribution in [0.15, 0.2) is 36.4 Å². The zero-order valence-corrected chi connectivity index (χ0v) is 44.7. The minimum Gasteiger partial charge on any atom is -0.373 e. The summed E-state index contributed by atoms with van der Waals surface area (Å²) in [5.74, 6) is 3.35. The Morgan fingerprint density at radius 3 is 1.50 bits per heavy atom. The number of fused-ring (bicyclic) bond motifs is 1. The summed E-state index contributed by atoms with van der Waals surface area (Å²) in [7, 11) is 5.23. The third-order valence-corrected chi connectivity index (χ3v) is 7.29. The van der Waals surface area contributed by atoms with Gasteiger partial charge in [0.2, 0.25) is 17.7 Å². The summed E-state index contributed by atoms with van der Waals surface area (Å²) in [5, 5.41) is 0.905. The van der Waals surface area contributed by atoms with Crippen LogP contribution in [0.1, 0.15) is 113 Å². The SMILES string of the molecule is CC.Cc1cc(N(C)C(=O)CC(C)(C)C)n[c-]n1.Cc1n[c-]cc(N(C)C(=O)CC(C)(C)C)n1.Cc1nc(N(C)C(=O)CC(C)(C)C)c2ccccc2n1.[CH3-].[CH3-].[Y].[Y]. The van der Waals surface area contributed by atoms with E-state index in [1.54, 1.807) is 54.9 Å². The first kappa shape index (κ1) is 62.0. The Kier molecular flexibility index (Phi) is 29.9. The number of anilines is 3. The van der Waals surface area contributed by atoms with Gasteiger partial charge < -0.3 is 44.6 Å². The molecule has 0 saturated heterocycles. The second-order valence-corrected chi connectivity index (χ2v) is 16.6. The van der Waals surface area contributed by atoms with Crippen LogP contribution in [0.5, 0.6) is 0 Å². The van der Waals surface area contributed by atoms with Gasteiger partial charge in [-0.25, -0.2) is 9.97 Å². The second-order valence-electron chi connectivity index (χ2n) is 16.6. The van der Waals surface area contributed by atoms with Gasteiger partial charge in [0, 0.05) is 135 Å². The first-order valence-electron chi connectivity index (χ1n) is 18.3. The van der Waals surface area contributed by atoms with Crippen molar-refractivity contribution >= 4 is 46.1 Å². The van der Waals surface area contributed by atoms with Gasteiger partial charge in [-0.05, 0) is 35.3 Å². The fourth-order valence-corrected chi connectivity index (χ4v) is 4.68. The van der Waals surface area contributed by atoms with E-state index in [9.17, 15) is 14.4 Å². The van der Waals surface area contributed by atoms with Crippen LogP contribution in [0.4, 0.5) is 17.5 Å². The van der Waals surface area contributed by atoms with Crippen molar-refractivity contribution in [3.8, 4) is 0 Å². The minimum absolute atomic E-state index is 0. The second kappa shape index (κ2) is 28.0. The summed E-state index contributed by atoms with van der Waals surface area (Å²) >= 11 is 0. The molecule has 0 N–H and O–H groups in total. The molecule has 12 nitrogen and oxygen atoms in total. The van der Waals surface area contributed by atoms with Gasteiger partial charge >= 0.3 is 0 Å². The number of rotatable bonds is 6. The number of aryl methyl sites for hydroxylation is 3. The van der Waals surface area contributed by atoms with E-state index >= 15 is 0 Å². The summed E-state index contributed by atoms with van der Waals surface area (Å²) in [6.07, 6.45) is 6.73. The molecule has 0 atom stereocenters. The van der Waals surface area contributed by atoms with Crippen LogP contribution in [0, 0.1) is 64.4 Å². The number of benzene rings is 1. The molecule has 0 aliphatic heterocycles. The van der Waals surface area contributed by atoms with Crippen molar-refractivity contribution in [2.24, 2.45) is 16.2 Å². The predicted molar refractivity (Wildman–Crippen MR) is 232 cm³/mol. The van der Waals surface area contributed by atoms with E-state index in [-0.39, 0.29) is 114 Å². The van der Waals surface area contributed by atoms with Crippen molar-refractivity contribution in [3.05, 3.63) is 81.1 Å². The Morgan fingerprint density at radius 2 is 1.05 bits per heavy atom. The molecule has 0 aliphatic carbocycles. The van der Waals surface area contributed by atoms with Crippen molar-refractivity contribution in [3.63, 3.8) is 0 Å². The number of aromatic nitrogens is 6. The molecular formula is C44H69N9O3Y2-4. The molecule has 58 heavy (non-hydrogen) atoms. The van der Waals surface area contributed by atoms with Crippen molar-refractivity contribution in [2.45, 2.75) is 116 Å². The van der Waals surface area contributed by atoms with Crippen molar-refractivity contribution in [2.75, 3.05) is 35.8 Å². The van der Waals surface area contributed by atoms with Gasteiger partial charge in [0.25, 0.3) is 0 Å². The van der Waals surface area contributed by atoms with Crippen LogP contribution < -0.4 is 14.7 Å². The van der Waals surface area contributed by atoms with Gasteiger partial charge in [0.1, 0.15) is 11.6 Å². The molecule has 3 aromatic heterocycles. The number of hydrogen-bond donors (Lipinski definition) is 0. The van der Waals surface area contributed by atoms with Gasteiger partial charge in [-0.1, -0.05) is 114 Å². The molecule has 2 radical (unpaired) electrons. The third kappa shape index (κ3) is 23.2. The average molecular weight is 950 g/mol. The average Bonchev–Trinajstić information content (AvgIpc) is 3.06. The number of carbonyl (C=O) groups excluding carboxylic acids is 3. The quantitative estimate of drug-likeness (QED) is 0.173. The molecular weight excluding hydrogens is 880 g/mol. The predicted octanol–water partition coefficient (Wildman–Crippen LogP) is 9.23. The monoisotopic (exact) mass is 949 g/mol. The molecule has 318 valence electrons. The Labute approximate surface area is 401 Å². The van der Waals surface area contributed by atoms with Crippen molar-refractivity contribution in [1.82, 2.24) is 29.9 Å². The third-order valence-electron chi connectivity index (χ3n) is 7.29. The van der Waals surface area contributed by atoms with Crippen LogP contribution in [0.2, 0.25) is 0 Å². The summed E-state index contributed by atoms with van der Waals surface area (Å²) in [5.41, 5.74) is 1.60. The molecule has 4 aromatic rings. The zero-order chi connectivity index (χ0) is 41.6. The Hall–Kier alpha value is -2.66. The van der Waals surface area contributed by atoms with E-state index in [1.165, 1.54) is 0 Å². The van der Waals surface area contributed by atoms with Crippen LogP contribution in [-0.2, 0) is 79.8 Å². The van der Waals surface area contributed by atoms with Gasteiger partial charge in [0.15, 0.2) is 0 Å². The molecule has 3 heterocycles. The van der Waals surface area contributed by atoms with Crippen LogP contribution in [0.25, 0.3) is 10.9 Å². The zero-order valence-electron chi connectivity index (χ0n) is 39.0. The van der Waals surface area contributed by atoms with E-state index in [2.05, 4.69) is 63.2 Å². The molecule has 0 bridgehead atoms. The van der Waals surface area contributed by atoms with E-state index < -0.39 is 0 Å². The summed E-state index contributed by atoms with van der Waals surface area (Å²) in [6.45, 7) is 27.9. The van der Waals surface area contributed by atoms with Gasteiger partial charge in [-0.2, -0.15) is 0 Å². The standard InChI is InChI=1S/C16H21N3O.2C12H18N3O.C2H6.2CH3.2Y/c1-11-17-13-9-7-6-8-12(13)15(18-11)19(5)14(20)10-16(2,3)4;1-9-6-10(14-8-13-9)15(5)11(16)7-12(2,3)4;1-9-13-7-6-10(14-9)15(5)11(16)8-12(2,3)4;1-2;;;;/h6-9H,10H2,1-5H3;6H,7H2,1-5H3;6H,8H2,1-5H3;1-2H3;2*1H3;;/q;2*-1;;2*-1;;. The number of para-hydroxylation sites is 1. The maximum absolute atomic E-state index is 12.4. The molecule has 0 saturated carbocycles. The van der Waals surface area contributed by atoms with Crippen molar-refractivity contribution in [1.29, 1.82) is 0 Å². The summed E-state index contributed by atoms with van der Waals surface area (Å²) in [6, 6.07) is 11.2. The topological polar surface area (TPSA) is 138 Å². The van der Waals surface area contributed by atoms with Gasteiger partial charge in [-0.3, -0.25) is 19.3 Å². The Morgan fingerprint density at radius 1 is 0.603 bits per heavy atom. The first-order chi connectivity index (χ1) is 24.9. The van der Waals surface area contributed by atoms with Gasteiger partial charge in [-0.15, -0.1) is 12.1 Å². The maximum atomic E-state index is 12.4. The van der Waals surface area contributed by atoms with Crippen LogP contribution in [0.3, 0.4) is 0 Å². The first-order valence-corrected chi connectivity index (χ1v) is 18.3. The normalized spacial score (nSPS) is 10.4. The van der Waals surface area contributed by atoms with Crippen molar-refractivity contribution < 1.29 is 79.8 Å². The Bertz CT molecular complexity index is 1760. The Balaban J connectivity index is -0.000000360. The molecule has 4 rings (SSSR count). The largest absolute Gasteiger partial charge is 0.373 e. The van der Waals surface area contributed by atoms with E-state index in [4.69, 9.17) is 0 Å². The number of carbonyl (C=O) groups is 3. The van der Waals surface area contributed by atoms with Crippen LogP contribution >= 0.6 is 0 Å². The maximum Gasteiger partial charge on any atom is 0.228 e. The molecule has 0 fully saturated rings. The number of amides is 3. The van der Waals surface area contributed by atoms with Gasteiger partial charge in [0.05, 0.1) is 5.52 Å². The fourth-order valence-electron chi connectivity index (χ4n) is 4.68.